The Kier molecular flexibility index (Phi) is 5.46. The monoisotopic (exact) mass is 456 g/mol. The number of piperazine rings is 1. The van der Waals surface area contributed by atoms with Crippen molar-refractivity contribution in [3.63, 3.8) is 0 Å². The van der Waals surface area contributed by atoms with E-state index >= 15 is 0 Å². The molecule has 6 rings (SSSR count). The molecule has 0 saturated carbocycles. The molecular formula is C25H28N8O. The summed E-state index contributed by atoms with van der Waals surface area (Å²) in [5.74, 6) is 3.20. The first-order chi connectivity index (χ1) is 16.8. The fourth-order valence-corrected chi connectivity index (χ4v) is 4.83. The van der Waals surface area contributed by atoms with Crippen LogP contribution in [0.2, 0.25) is 0 Å². The zero-order valence-corrected chi connectivity index (χ0v) is 19.2. The molecule has 2 bridgehead atoms. The number of unbranched alkanes of at least 4 members (excludes halogenated alkanes) is 1. The highest BCUT2D eigenvalue weighted by Crippen LogP contribution is 2.33. The van der Waals surface area contributed by atoms with Crippen LogP contribution in [0, 0.1) is 0 Å². The molecule has 2 aliphatic heterocycles. The second-order valence-electron chi connectivity index (χ2n) is 8.88. The first kappa shape index (κ1) is 20.9. The summed E-state index contributed by atoms with van der Waals surface area (Å²) in [6.07, 6.45) is 10.2. The van der Waals surface area contributed by atoms with Gasteiger partial charge in [0.15, 0.2) is 5.82 Å². The summed E-state index contributed by atoms with van der Waals surface area (Å²) in [6, 6.07) is 11.3. The van der Waals surface area contributed by atoms with Crippen LogP contribution in [-0.4, -0.2) is 56.5 Å². The summed E-state index contributed by atoms with van der Waals surface area (Å²) >= 11 is 0. The minimum absolute atomic E-state index is 0.509. The lowest BCUT2D eigenvalue weighted by Gasteiger charge is -2.28. The van der Waals surface area contributed by atoms with Crippen molar-refractivity contribution in [3.8, 4) is 11.4 Å². The van der Waals surface area contributed by atoms with E-state index in [1.54, 1.807) is 18.6 Å². The van der Waals surface area contributed by atoms with Gasteiger partial charge < -0.3 is 20.3 Å². The summed E-state index contributed by atoms with van der Waals surface area (Å²) in [4.78, 5) is 15.6. The van der Waals surface area contributed by atoms with E-state index in [4.69, 9.17) is 9.84 Å². The largest absolute Gasteiger partial charge is 0.494 e. The maximum atomic E-state index is 6.00. The fraction of sp³-hybridized carbons (Fsp3) is 0.360. The zero-order valence-electron chi connectivity index (χ0n) is 19.2. The summed E-state index contributed by atoms with van der Waals surface area (Å²) in [5.41, 5.74) is 1.92. The van der Waals surface area contributed by atoms with Gasteiger partial charge >= 0.3 is 0 Å². The molecule has 0 amide bonds. The van der Waals surface area contributed by atoms with Gasteiger partial charge in [-0.1, -0.05) is 13.3 Å². The Morgan fingerprint density at radius 2 is 2.12 bits per heavy atom. The van der Waals surface area contributed by atoms with Crippen LogP contribution in [0.5, 0.6) is 5.75 Å². The number of aromatic nitrogens is 5. The number of hydrogen-bond acceptors (Lipinski definition) is 8. The Labute approximate surface area is 198 Å². The lowest BCUT2D eigenvalue weighted by molar-refractivity contribution is 0.309. The number of anilines is 3. The third kappa shape index (κ3) is 3.92. The first-order valence-electron chi connectivity index (χ1n) is 11.9. The van der Waals surface area contributed by atoms with Crippen LogP contribution < -0.4 is 20.3 Å². The average molecular weight is 457 g/mol. The smallest absolute Gasteiger partial charge is 0.162 e. The van der Waals surface area contributed by atoms with Crippen molar-refractivity contribution in [2.24, 2.45) is 0 Å². The quantitative estimate of drug-likeness (QED) is 0.388. The van der Waals surface area contributed by atoms with E-state index in [0.717, 1.165) is 59.9 Å². The number of hydrogen-bond donors (Lipinski definition) is 2. The summed E-state index contributed by atoms with van der Waals surface area (Å²) in [6.45, 7) is 4.88. The highest BCUT2D eigenvalue weighted by atomic mass is 16.5. The predicted molar refractivity (Wildman–Crippen MR) is 132 cm³/mol. The van der Waals surface area contributed by atoms with Crippen molar-refractivity contribution >= 4 is 28.4 Å². The maximum absolute atomic E-state index is 6.00. The highest BCUT2D eigenvalue weighted by molar-refractivity contribution is 5.93. The van der Waals surface area contributed by atoms with Gasteiger partial charge in [0.2, 0.25) is 0 Å². The third-order valence-electron chi connectivity index (χ3n) is 6.55. The molecule has 2 N–H and O–H groups in total. The van der Waals surface area contributed by atoms with E-state index < -0.39 is 0 Å². The van der Waals surface area contributed by atoms with E-state index in [2.05, 4.69) is 49.5 Å². The molecule has 34 heavy (non-hydrogen) atoms. The number of benzene rings is 1. The topological polar surface area (TPSA) is 93.0 Å². The molecule has 4 aromatic rings. The third-order valence-corrected chi connectivity index (χ3v) is 6.55. The predicted octanol–water partition coefficient (Wildman–Crippen LogP) is 3.68. The van der Waals surface area contributed by atoms with Crippen LogP contribution in [0.3, 0.4) is 0 Å². The minimum atomic E-state index is 0.509. The number of fused-ring (bicyclic) bond motifs is 3. The molecule has 0 radical (unpaired) electrons. The number of nitrogens with zero attached hydrogens (tertiary/aromatic N) is 6. The summed E-state index contributed by atoms with van der Waals surface area (Å²) < 4.78 is 7.96. The molecule has 3 aromatic heterocycles. The molecule has 2 saturated heterocycles. The Hall–Kier alpha value is -3.72. The molecule has 9 nitrogen and oxygen atoms in total. The van der Waals surface area contributed by atoms with Gasteiger partial charge in [-0.15, -0.1) is 5.10 Å². The molecule has 5 heterocycles. The van der Waals surface area contributed by atoms with Crippen LogP contribution in [0.25, 0.3) is 16.6 Å². The molecule has 2 aliphatic rings. The van der Waals surface area contributed by atoms with Crippen LogP contribution in [0.4, 0.5) is 17.5 Å². The first-order valence-corrected chi connectivity index (χ1v) is 11.9. The SMILES string of the molecule is CCCCOc1ccc2c(Nc3cnccn3)nn(-c3ccnc(N4C[C@@H]5C[C@H]4CN5)c3)c2c1. The second kappa shape index (κ2) is 8.90. The van der Waals surface area contributed by atoms with E-state index in [1.165, 1.54) is 6.42 Å². The highest BCUT2D eigenvalue weighted by Gasteiger charge is 2.38. The van der Waals surface area contributed by atoms with E-state index in [1.807, 2.05) is 29.1 Å². The summed E-state index contributed by atoms with van der Waals surface area (Å²) in [7, 11) is 0. The van der Waals surface area contributed by atoms with Crippen molar-refractivity contribution in [2.75, 3.05) is 29.9 Å². The molecule has 0 spiro atoms. The lowest BCUT2D eigenvalue weighted by Crippen LogP contribution is -2.44. The Balaban J connectivity index is 1.40. The normalized spacial score (nSPS) is 19.1. The van der Waals surface area contributed by atoms with Crippen LogP contribution in [-0.2, 0) is 0 Å². The van der Waals surface area contributed by atoms with Gasteiger partial charge in [-0.2, -0.15) is 0 Å². The van der Waals surface area contributed by atoms with E-state index in [9.17, 15) is 0 Å². The Bertz CT molecular complexity index is 1290. The van der Waals surface area contributed by atoms with Gasteiger partial charge in [0.25, 0.3) is 0 Å². The standard InChI is InChI=1S/C25H28N8O/c1-2-3-10-34-20-4-5-21-22(13-20)33(31-25(21)30-23-15-26-8-9-27-23)18-6-7-28-24(12-18)32-16-17-11-19(32)14-29-17/h4-9,12-13,15,17,19,29H,2-3,10-11,14,16H2,1H3,(H,27,30,31)/t17-,19-/m0/s1. The molecule has 1 aromatic carbocycles. The zero-order chi connectivity index (χ0) is 22.9. The average Bonchev–Trinajstić information content (AvgIpc) is 3.60. The molecule has 9 heteroatoms. The van der Waals surface area contributed by atoms with Crippen molar-refractivity contribution < 1.29 is 4.74 Å². The van der Waals surface area contributed by atoms with Crippen molar-refractivity contribution in [2.45, 2.75) is 38.3 Å². The molecule has 2 fully saturated rings. The number of pyridine rings is 1. The van der Waals surface area contributed by atoms with Crippen molar-refractivity contribution in [3.05, 3.63) is 55.1 Å². The van der Waals surface area contributed by atoms with Crippen molar-refractivity contribution in [1.82, 2.24) is 30.0 Å². The molecule has 2 atom stereocenters. The van der Waals surface area contributed by atoms with Gasteiger partial charge in [-0.3, -0.25) is 4.98 Å². The Morgan fingerprint density at radius 3 is 2.91 bits per heavy atom. The fourth-order valence-electron chi connectivity index (χ4n) is 4.83. The molecule has 174 valence electrons. The number of nitrogens with one attached hydrogen (secondary N) is 2. The lowest BCUT2D eigenvalue weighted by atomic mass is 10.2. The number of ether oxygens (including phenoxy) is 1. The van der Waals surface area contributed by atoms with E-state index in [0.29, 0.717) is 24.5 Å². The van der Waals surface area contributed by atoms with Gasteiger partial charge in [0.05, 0.1) is 24.0 Å². The minimum Gasteiger partial charge on any atom is -0.494 e. The second-order valence-corrected chi connectivity index (χ2v) is 8.88. The van der Waals surface area contributed by atoms with Crippen LogP contribution in [0.1, 0.15) is 26.2 Å². The summed E-state index contributed by atoms with van der Waals surface area (Å²) in [5, 5.41) is 12.8. The van der Waals surface area contributed by atoms with Gasteiger partial charge in [-0.25, -0.2) is 14.6 Å². The van der Waals surface area contributed by atoms with Gasteiger partial charge in [0.1, 0.15) is 17.4 Å². The van der Waals surface area contributed by atoms with E-state index in [-0.39, 0.29) is 0 Å². The van der Waals surface area contributed by atoms with Crippen LogP contribution in [0.15, 0.2) is 55.1 Å². The van der Waals surface area contributed by atoms with Crippen molar-refractivity contribution in [1.29, 1.82) is 0 Å². The van der Waals surface area contributed by atoms with Gasteiger partial charge in [-0.05, 0) is 31.0 Å². The molecule has 0 unspecified atom stereocenters. The molecular weight excluding hydrogens is 428 g/mol. The Morgan fingerprint density at radius 1 is 1.15 bits per heavy atom. The molecule has 0 aliphatic carbocycles. The number of rotatable bonds is 8. The van der Waals surface area contributed by atoms with Crippen LogP contribution >= 0.6 is 0 Å². The maximum Gasteiger partial charge on any atom is 0.162 e. The van der Waals surface area contributed by atoms with Gasteiger partial charge in [0, 0.05) is 61.3 Å².